The van der Waals surface area contributed by atoms with Gasteiger partial charge < -0.3 is 25.6 Å². The van der Waals surface area contributed by atoms with Crippen molar-refractivity contribution >= 4 is 46.3 Å². The molecule has 0 aliphatic heterocycles. The Morgan fingerprint density at radius 2 is 1.62 bits per heavy atom. The molecule has 0 fully saturated rings. The molecule has 4 rings (SSSR count). The van der Waals surface area contributed by atoms with Gasteiger partial charge in [0.25, 0.3) is 11.8 Å². The summed E-state index contributed by atoms with van der Waals surface area (Å²) in [6.07, 6.45) is 2.95. The third-order valence-corrected chi connectivity index (χ3v) is 7.55. The summed E-state index contributed by atoms with van der Waals surface area (Å²) in [6, 6.07) is 17.8. The lowest BCUT2D eigenvalue weighted by atomic mass is 10.0. The fourth-order valence-corrected chi connectivity index (χ4v) is 4.94. The summed E-state index contributed by atoms with van der Waals surface area (Å²) >= 11 is 0. The molecular weight excluding hydrogens is 570 g/mol. The van der Waals surface area contributed by atoms with Crippen LogP contribution < -0.4 is 25.6 Å². The summed E-state index contributed by atoms with van der Waals surface area (Å²) in [5.41, 5.74) is 6.56. The average molecular weight is 608 g/mol. The van der Waals surface area contributed by atoms with E-state index in [0.29, 0.717) is 39.2 Å². The van der Waals surface area contributed by atoms with Gasteiger partial charge in [-0.1, -0.05) is 30.3 Å². The van der Waals surface area contributed by atoms with Gasteiger partial charge in [0.15, 0.2) is 0 Å². The van der Waals surface area contributed by atoms with E-state index in [9.17, 15) is 19.2 Å². The molecule has 10 nitrogen and oxygen atoms in total. The van der Waals surface area contributed by atoms with E-state index in [1.54, 1.807) is 57.6 Å². The van der Waals surface area contributed by atoms with Crippen LogP contribution in [0.3, 0.4) is 0 Å². The van der Waals surface area contributed by atoms with Crippen molar-refractivity contribution in [3.63, 3.8) is 0 Å². The van der Waals surface area contributed by atoms with Gasteiger partial charge in [-0.05, 0) is 79.4 Å². The van der Waals surface area contributed by atoms with Gasteiger partial charge in [0.2, 0.25) is 11.8 Å². The summed E-state index contributed by atoms with van der Waals surface area (Å²) < 4.78 is 6.27. The van der Waals surface area contributed by atoms with Crippen molar-refractivity contribution in [2.45, 2.75) is 27.4 Å². The van der Waals surface area contributed by atoms with Gasteiger partial charge in [0.05, 0.1) is 12.1 Å². The molecule has 0 aliphatic carbocycles. The minimum absolute atomic E-state index is 0.191. The maximum Gasteiger partial charge on any atom is 0.251 e. The van der Waals surface area contributed by atoms with Crippen LogP contribution in [0.1, 0.15) is 48.7 Å². The lowest BCUT2D eigenvalue weighted by Gasteiger charge is -2.23. The Hall–Kier alpha value is -5.51. The quantitative estimate of drug-likeness (QED) is 0.231. The first kappa shape index (κ1) is 32.4. The molecule has 0 aliphatic rings. The number of amides is 4. The molecule has 4 amide bonds. The van der Waals surface area contributed by atoms with Crippen LogP contribution >= 0.6 is 0 Å². The van der Waals surface area contributed by atoms with Crippen molar-refractivity contribution in [2.24, 2.45) is 0 Å². The van der Waals surface area contributed by atoms with Crippen LogP contribution in [0, 0.1) is 20.8 Å². The van der Waals surface area contributed by atoms with Gasteiger partial charge in [-0.3, -0.25) is 19.2 Å². The topological polar surface area (TPSA) is 130 Å². The molecule has 0 unspecified atom stereocenters. The highest BCUT2D eigenvalue weighted by Crippen LogP contribution is 2.30. The molecule has 4 aromatic rings. The first-order valence-corrected chi connectivity index (χ1v) is 14.4. The third kappa shape index (κ3) is 7.53. The van der Waals surface area contributed by atoms with Crippen molar-refractivity contribution in [3.05, 3.63) is 106 Å². The number of hydrogen-bond donors (Lipinski definition) is 3. The number of carbonyl (C=O) groups excluding carboxylic acids is 4. The zero-order valence-electron chi connectivity index (χ0n) is 26.3. The van der Waals surface area contributed by atoms with E-state index in [1.807, 2.05) is 51.1 Å². The zero-order chi connectivity index (χ0) is 32.7. The van der Waals surface area contributed by atoms with E-state index >= 15 is 0 Å². The maximum absolute atomic E-state index is 13.0. The Kier molecular flexibility index (Phi) is 10.3. The summed E-state index contributed by atoms with van der Waals surface area (Å²) in [5.74, 6) is -0.547. The fraction of sp³-hybridized carbons (Fsp3) is 0.229. The Bertz CT molecular complexity index is 1800. The molecule has 1 aromatic heterocycles. The second kappa shape index (κ2) is 14.3. The Labute approximate surface area is 262 Å². The number of fused-ring (bicyclic) bond motifs is 1. The number of hydrogen-bond acceptors (Lipinski definition) is 6. The minimum Gasteiger partial charge on any atom is -0.487 e. The van der Waals surface area contributed by atoms with E-state index < -0.39 is 5.91 Å². The second-order valence-electron chi connectivity index (χ2n) is 10.5. The van der Waals surface area contributed by atoms with Crippen LogP contribution in [0.25, 0.3) is 17.0 Å². The molecule has 0 atom stereocenters. The van der Waals surface area contributed by atoms with E-state index in [1.165, 1.54) is 11.0 Å². The molecule has 232 valence electrons. The maximum atomic E-state index is 13.0. The van der Waals surface area contributed by atoms with Crippen molar-refractivity contribution < 1.29 is 23.9 Å². The van der Waals surface area contributed by atoms with Crippen LogP contribution in [-0.4, -0.2) is 56.3 Å². The number of carbonyl (C=O) groups is 4. The highest BCUT2D eigenvalue weighted by Gasteiger charge is 2.18. The largest absolute Gasteiger partial charge is 0.487 e. The van der Waals surface area contributed by atoms with Crippen LogP contribution in [0.15, 0.2) is 66.7 Å². The molecule has 0 saturated carbocycles. The Morgan fingerprint density at radius 3 is 2.31 bits per heavy atom. The van der Waals surface area contributed by atoms with Crippen molar-refractivity contribution in [2.75, 3.05) is 32.6 Å². The predicted octanol–water partition coefficient (Wildman–Crippen LogP) is 4.25. The van der Waals surface area contributed by atoms with Gasteiger partial charge in [-0.2, -0.15) is 0 Å². The summed E-state index contributed by atoms with van der Waals surface area (Å²) in [5, 5.41) is 8.56. The number of benzene rings is 3. The number of para-hydroxylation sites is 1. The molecule has 0 radical (unpaired) electrons. The predicted molar refractivity (Wildman–Crippen MR) is 175 cm³/mol. The van der Waals surface area contributed by atoms with E-state index in [0.717, 1.165) is 22.3 Å². The molecule has 0 saturated heterocycles. The Morgan fingerprint density at radius 1 is 0.911 bits per heavy atom. The van der Waals surface area contributed by atoms with Gasteiger partial charge in [0, 0.05) is 49.6 Å². The minimum atomic E-state index is -0.416. The summed E-state index contributed by atoms with van der Waals surface area (Å²) in [7, 11) is 4.82. The molecule has 1 heterocycles. The Balaban J connectivity index is 1.43. The van der Waals surface area contributed by atoms with E-state index in [4.69, 9.17) is 4.74 Å². The number of aromatic nitrogens is 1. The van der Waals surface area contributed by atoms with Crippen molar-refractivity contribution in [3.8, 4) is 5.75 Å². The van der Waals surface area contributed by atoms with Crippen LogP contribution in [-0.2, 0) is 16.2 Å². The van der Waals surface area contributed by atoms with Gasteiger partial charge in [-0.15, -0.1) is 0 Å². The highest BCUT2D eigenvalue weighted by atomic mass is 16.5. The number of nitrogens with zero attached hydrogens (tertiary/aromatic N) is 2. The molecule has 0 bridgehead atoms. The smallest absolute Gasteiger partial charge is 0.251 e. The fourth-order valence-electron chi connectivity index (χ4n) is 4.94. The van der Waals surface area contributed by atoms with Crippen molar-refractivity contribution in [1.29, 1.82) is 0 Å². The van der Waals surface area contributed by atoms with Gasteiger partial charge in [0.1, 0.15) is 17.9 Å². The standard InChI is InChI=1S/C35H37N5O5/c1-21-10-16-29(40(6)32(42)19-38-31(41)17-13-24-11-14-25(15-12-24)34(43)36-4)23(3)28(21)20-45-30-9-7-8-26-27(35(44)37-5)18-22(2)39-33(26)30/h7-18H,19-20H2,1-6H3,(H,36,43)(H,37,44)(H,38,41). The summed E-state index contributed by atoms with van der Waals surface area (Å²) in [6.45, 7) is 5.77. The first-order chi connectivity index (χ1) is 21.5. The number of aryl methyl sites for hydroxylation is 2. The van der Waals surface area contributed by atoms with E-state index in [2.05, 4.69) is 20.9 Å². The molecule has 3 aromatic carbocycles. The number of nitrogens with one attached hydrogen (secondary N) is 3. The highest BCUT2D eigenvalue weighted by molar-refractivity contribution is 6.07. The SMILES string of the molecule is CNC(=O)c1ccc(C=CC(=O)NCC(=O)N(C)c2ccc(C)c(COc3cccc4c(C(=O)NC)cc(C)nc34)c2C)cc1. The average Bonchev–Trinajstić information content (AvgIpc) is 3.05. The zero-order valence-corrected chi connectivity index (χ0v) is 26.3. The van der Waals surface area contributed by atoms with Gasteiger partial charge >= 0.3 is 0 Å². The lowest BCUT2D eigenvalue weighted by molar-refractivity contribution is -0.122. The number of rotatable bonds is 10. The van der Waals surface area contributed by atoms with Crippen LogP contribution in [0.5, 0.6) is 5.75 Å². The number of anilines is 1. The van der Waals surface area contributed by atoms with E-state index in [-0.39, 0.29) is 30.9 Å². The molecule has 0 spiro atoms. The molecular formula is C35H37N5O5. The lowest BCUT2D eigenvalue weighted by Crippen LogP contribution is -2.38. The van der Waals surface area contributed by atoms with Gasteiger partial charge in [-0.25, -0.2) is 4.98 Å². The third-order valence-electron chi connectivity index (χ3n) is 7.55. The normalized spacial score (nSPS) is 10.9. The summed E-state index contributed by atoms with van der Waals surface area (Å²) in [4.78, 5) is 55.8. The molecule has 10 heteroatoms. The number of likely N-dealkylation sites (N-methyl/N-ethyl adjacent to an activating group) is 1. The molecule has 3 N–H and O–H groups in total. The number of pyridine rings is 1. The second-order valence-corrected chi connectivity index (χ2v) is 10.5. The van der Waals surface area contributed by atoms with Crippen LogP contribution in [0.2, 0.25) is 0 Å². The number of ether oxygens (including phenoxy) is 1. The van der Waals surface area contributed by atoms with Crippen molar-refractivity contribution in [1.82, 2.24) is 20.9 Å². The first-order valence-electron chi connectivity index (χ1n) is 14.4. The monoisotopic (exact) mass is 607 g/mol. The van der Waals surface area contributed by atoms with Crippen LogP contribution in [0.4, 0.5) is 5.69 Å². The molecule has 45 heavy (non-hydrogen) atoms.